The van der Waals surface area contributed by atoms with Crippen LogP contribution in [0.1, 0.15) is 20.7 Å². The number of phenolic OH excluding ortho intramolecular Hbond substituents is 1. The van der Waals surface area contributed by atoms with Gasteiger partial charge >= 0.3 is 0 Å². The molecule has 0 aromatic heterocycles. The van der Waals surface area contributed by atoms with Crippen molar-refractivity contribution >= 4 is 17.5 Å². The second kappa shape index (κ2) is 8.01. The van der Waals surface area contributed by atoms with Crippen molar-refractivity contribution in [1.82, 2.24) is 10.6 Å². The van der Waals surface area contributed by atoms with Gasteiger partial charge in [0.25, 0.3) is 11.8 Å². The summed E-state index contributed by atoms with van der Waals surface area (Å²) in [6.45, 7) is 0.620. The molecule has 0 heterocycles. The number of anilines is 1. The molecule has 2 aromatic carbocycles. The molecular formula is C18H21N3O3. The number of hydrogen-bond acceptors (Lipinski definition) is 4. The van der Waals surface area contributed by atoms with E-state index in [1.807, 2.05) is 31.1 Å². The molecule has 0 aliphatic rings. The lowest BCUT2D eigenvalue weighted by Gasteiger charge is -2.12. The van der Waals surface area contributed by atoms with E-state index in [2.05, 4.69) is 10.6 Å². The highest BCUT2D eigenvalue weighted by Crippen LogP contribution is 2.12. The first-order chi connectivity index (χ1) is 11.5. The van der Waals surface area contributed by atoms with Crippen LogP contribution < -0.4 is 15.5 Å². The molecule has 2 rings (SSSR count). The topological polar surface area (TPSA) is 81.7 Å². The third-order valence-electron chi connectivity index (χ3n) is 3.45. The molecule has 0 bridgehead atoms. The molecule has 0 unspecified atom stereocenters. The van der Waals surface area contributed by atoms with Crippen LogP contribution in [0.4, 0.5) is 5.69 Å². The monoisotopic (exact) mass is 327 g/mol. The van der Waals surface area contributed by atoms with Gasteiger partial charge < -0.3 is 20.6 Å². The Labute approximate surface area is 141 Å². The number of amides is 2. The van der Waals surface area contributed by atoms with Crippen LogP contribution in [0.25, 0.3) is 0 Å². The van der Waals surface area contributed by atoms with Gasteiger partial charge in [-0.15, -0.1) is 0 Å². The largest absolute Gasteiger partial charge is 0.508 e. The number of hydrogen-bond donors (Lipinski definition) is 3. The maximum absolute atomic E-state index is 12.0. The van der Waals surface area contributed by atoms with E-state index in [0.29, 0.717) is 24.2 Å². The van der Waals surface area contributed by atoms with Crippen LogP contribution >= 0.6 is 0 Å². The zero-order chi connectivity index (χ0) is 17.5. The van der Waals surface area contributed by atoms with Gasteiger partial charge in [-0.2, -0.15) is 0 Å². The first kappa shape index (κ1) is 17.3. The van der Waals surface area contributed by atoms with Crippen molar-refractivity contribution in [2.75, 3.05) is 32.1 Å². The van der Waals surface area contributed by atoms with Gasteiger partial charge in [0.05, 0.1) is 0 Å². The van der Waals surface area contributed by atoms with Crippen molar-refractivity contribution in [1.29, 1.82) is 0 Å². The first-order valence-corrected chi connectivity index (χ1v) is 7.60. The highest BCUT2D eigenvalue weighted by molar-refractivity contribution is 5.95. The fraction of sp³-hybridized carbons (Fsp3) is 0.222. The molecule has 0 saturated carbocycles. The van der Waals surface area contributed by atoms with Gasteiger partial charge in [-0.1, -0.05) is 6.07 Å². The summed E-state index contributed by atoms with van der Waals surface area (Å²) in [6.07, 6.45) is 0. The molecule has 0 spiro atoms. The Hall–Kier alpha value is -3.02. The Morgan fingerprint density at radius 3 is 2.04 bits per heavy atom. The highest BCUT2D eigenvalue weighted by atomic mass is 16.3. The summed E-state index contributed by atoms with van der Waals surface area (Å²) >= 11 is 0. The zero-order valence-corrected chi connectivity index (χ0v) is 13.7. The Morgan fingerprint density at radius 1 is 0.917 bits per heavy atom. The average molecular weight is 327 g/mol. The summed E-state index contributed by atoms with van der Waals surface area (Å²) in [7, 11) is 3.87. The Bertz CT molecular complexity index is 712. The fourth-order valence-electron chi connectivity index (χ4n) is 2.11. The van der Waals surface area contributed by atoms with Crippen molar-refractivity contribution < 1.29 is 14.7 Å². The summed E-state index contributed by atoms with van der Waals surface area (Å²) in [6, 6.07) is 13.4. The van der Waals surface area contributed by atoms with Crippen molar-refractivity contribution in [3.63, 3.8) is 0 Å². The fourth-order valence-corrected chi connectivity index (χ4v) is 2.11. The molecule has 0 radical (unpaired) electrons. The summed E-state index contributed by atoms with van der Waals surface area (Å²) in [4.78, 5) is 25.8. The number of carbonyl (C=O) groups excluding carboxylic acids is 2. The number of nitrogens with one attached hydrogen (secondary N) is 2. The predicted molar refractivity (Wildman–Crippen MR) is 93.5 cm³/mol. The lowest BCUT2D eigenvalue weighted by Crippen LogP contribution is -2.34. The van der Waals surface area contributed by atoms with E-state index in [4.69, 9.17) is 0 Å². The molecule has 0 fully saturated rings. The van der Waals surface area contributed by atoms with Gasteiger partial charge in [-0.05, 0) is 42.5 Å². The predicted octanol–water partition coefficient (Wildman–Crippen LogP) is 1.62. The third-order valence-corrected chi connectivity index (χ3v) is 3.45. The molecule has 2 aromatic rings. The maximum Gasteiger partial charge on any atom is 0.251 e. The molecule has 0 aliphatic carbocycles. The molecular weight excluding hydrogens is 306 g/mol. The number of phenols is 1. The van der Waals surface area contributed by atoms with Gasteiger partial charge in [0.2, 0.25) is 0 Å². The van der Waals surface area contributed by atoms with Crippen LogP contribution in [0.3, 0.4) is 0 Å². The minimum absolute atomic E-state index is 0.0390. The highest BCUT2D eigenvalue weighted by Gasteiger charge is 2.07. The van der Waals surface area contributed by atoms with Crippen molar-refractivity contribution in [3.05, 3.63) is 59.7 Å². The van der Waals surface area contributed by atoms with E-state index in [1.54, 1.807) is 24.3 Å². The molecule has 0 atom stereocenters. The molecule has 126 valence electrons. The smallest absolute Gasteiger partial charge is 0.251 e. The molecule has 3 N–H and O–H groups in total. The maximum atomic E-state index is 12.0. The lowest BCUT2D eigenvalue weighted by molar-refractivity contribution is 0.0927. The molecule has 6 heteroatoms. The molecule has 0 saturated heterocycles. The lowest BCUT2D eigenvalue weighted by atomic mass is 10.2. The number of benzene rings is 2. The minimum Gasteiger partial charge on any atom is -0.508 e. The van der Waals surface area contributed by atoms with Gasteiger partial charge in [0.1, 0.15) is 5.75 Å². The minimum atomic E-state index is -0.296. The van der Waals surface area contributed by atoms with Crippen LogP contribution in [-0.4, -0.2) is 44.1 Å². The summed E-state index contributed by atoms with van der Waals surface area (Å²) in [5.41, 5.74) is 1.96. The van der Waals surface area contributed by atoms with Crippen LogP contribution in [-0.2, 0) is 0 Å². The Balaban J connectivity index is 1.77. The van der Waals surface area contributed by atoms with Crippen molar-refractivity contribution in [2.45, 2.75) is 0 Å². The molecule has 0 aliphatic heterocycles. The molecule has 2 amide bonds. The summed E-state index contributed by atoms with van der Waals surface area (Å²) in [5, 5.41) is 14.8. The van der Waals surface area contributed by atoms with E-state index < -0.39 is 0 Å². The average Bonchev–Trinajstić information content (AvgIpc) is 2.58. The quantitative estimate of drug-likeness (QED) is 0.704. The summed E-state index contributed by atoms with van der Waals surface area (Å²) < 4.78 is 0. The van der Waals surface area contributed by atoms with E-state index in [9.17, 15) is 14.7 Å². The van der Waals surface area contributed by atoms with Crippen molar-refractivity contribution in [2.24, 2.45) is 0 Å². The van der Waals surface area contributed by atoms with Crippen molar-refractivity contribution in [3.8, 4) is 5.75 Å². The van der Waals surface area contributed by atoms with E-state index in [0.717, 1.165) is 5.69 Å². The van der Waals surface area contributed by atoms with Crippen LogP contribution in [0.2, 0.25) is 0 Å². The molecule has 6 nitrogen and oxygen atoms in total. The van der Waals surface area contributed by atoms with E-state index in [1.165, 1.54) is 12.1 Å². The Kier molecular flexibility index (Phi) is 5.78. The number of rotatable bonds is 6. The van der Waals surface area contributed by atoms with E-state index >= 15 is 0 Å². The Morgan fingerprint density at radius 2 is 1.50 bits per heavy atom. The third kappa shape index (κ3) is 4.74. The number of nitrogens with zero attached hydrogens (tertiary/aromatic N) is 1. The van der Waals surface area contributed by atoms with Gasteiger partial charge in [0.15, 0.2) is 0 Å². The SMILES string of the molecule is CN(C)c1ccc(C(=O)NCCNC(=O)c2cccc(O)c2)cc1. The number of carbonyl (C=O) groups is 2. The van der Waals surface area contributed by atoms with E-state index in [-0.39, 0.29) is 17.6 Å². The van der Waals surface area contributed by atoms with Gasteiger partial charge in [0, 0.05) is 44.0 Å². The summed E-state index contributed by atoms with van der Waals surface area (Å²) in [5.74, 6) is -0.445. The van der Waals surface area contributed by atoms with Crippen LogP contribution in [0, 0.1) is 0 Å². The standard InChI is InChI=1S/C18H21N3O3/c1-21(2)15-8-6-13(7-9-15)17(23)19-10-11-20-18(24)14-4-3-5-16(22)12-14/h3-9,12,22H,10-11H2,1-2H3,(H,19,23)(H,20,24). The second-order valence-electron chi connectivity index (χ2n) is 5.50. The van der Waals surface area contributed by atoms with Crippen LogP contribution in [0.15, 0.2) is 48.5 Å². The zero-order valence-electron chi connectivity index (χ0n) is 13.7. The first-order valence-electron chi connectivity index (χ1n) is 7.60. The van der Waals surface area contributed by atoms with Gasteiger partial charge in [-0.25, -0.2) is 0 Å². The second-order valence-corrected chi connectivity index (χ2v) is 5.50. The normalized spacial score (nSPS) is 10.1. The number of aromatic hydroxyl groups is 1. The molecule has 24 heavy (non-hydrogen) atoms. The van der Waals surface area contributed by atoms with Crippen LogP contribution in [0.5, 0.6) is 5.75 Å². The van der Waals surface area contributed by atoms with Gasteiger partial charge in [-0.3, -0.25) is 9.59 Å².